The molecule has 18 heavy (non-hydrogen) atoms. The van der Waals surface area contributed by atoms with E-state index in [-0.39, 0.29) is 12.1 Å². The van der Waals surface area contributed by atoms with Crippen molar-refractivity contribution in [3.63, 3.8) is 0 Å². The molecule has 0 saturated carbocycles. The maximum atomic E-state index is 4.43. The molecule has 0 aliphatic heterocycles. The second kappa shape index (κ2) is 4.96. The van der Waals surface area contributed by atoms with E-state index in [2.05, 4.69) is 34.5 Å². The summed E-state index contributed by atoms with van der Waals surface area (Å²) in [4.78, 5) is 0. The lowest BCUT2D eigenvalue weighted by molar-refractivity contribution is 0.836. The van der Waals surface area contributed by atoms with Crippen molar-refractivity contribution in [1.82, 2.24) is 0 Å². The van der Waals surface area contributed by atoms with Crippen molar-refractivity contribution in [3.8, 4) is 0 Å². The summed E-state index contributed by atoms with van der Waals surface area (Å²) in [6, 6.07) is 10.5. The Morgan fingerprint density at radius 2 is 1.56 bits per heavy atom. The summed E-state index contributed by atoms with van der Waals surface area (Å²) in [5.74, 6) is 0. The molecule has 0 amide bonds. The van der Waals surface area contributed by atoms with Crippen LogP contribution in [0.2, 0.25) is 0 Å². The summed E-state index contributed by atoms with van der Waals surface area (Å²) in [6.07, 6.45) is 14.3. The van der Waals surface area contributed by atoms with E-state index in [9.17, 15) is 0 Å². The van der Waals surface area contributed by atoms with Crippen LogP contribution in [0.25, 0.3) is 5.57 Å². The minimum atomic E-state index is 0.0507. The first kappa shape index (κ1) is 10.9. The topological polar surface area (TPSA) is 24.7 Å². The summed E-state index contributed by atoms with van der Waals surface area (Å²) in [5, 5.41) is 8.77. The number of azo groups is 1. The fraction of sp³-hybridized carbons (Fsp3) is 0.125. The molecule has 0 radical (unpaired) electrons. The summed E-state index contributed by atoms with van der Waals surface area (Å²) in [6.45, 7) is 0. The Hall–Kier alpha value is -2.22. The van der Waals surface area contributed by atoms with Crippen molar-refractivity contribution in [2.24, 2.45) is 10.2 Å². The highest BCUT2D eigenvalue weighted by Gasteiger charge is 2.15. The average Bonchev–Trinajstić information content (AvgIpc) is 3.09. The molecule has 88 valence electrons. The maximum absolute atomic E-state index is 4.43. The van der Waals surface area contributed by atoms with Crippen molar-refractivity contribution in [2.45, 2.75) is 12.1 Å². The Morgan fingerprint density at radius 3 is 2.33 bits per heavy atom. The van der Waals surface area contributed by atoms with Crippen LogP contribution in [0.15, 0.2) is 83.1 Å². The minimum Gasteiger partial charge on any atom is -0.181 e. The zero-order valence-corrected chi connectivity index (χ0v) is 9.98. The predicted octanol–water partition coefficient (Wildman–Crippen LogP) is 3.96. The van der Waals surface area contributed by atoms with Crippen LogP contribution < -0.4 is 0 Å². The lowest BCUT2D eigenvalue weighted by Gasteiger charge is -2.09. The normalized spacial score (nSPS) is 22.2. The van der Waals surface area contributed by atoms with Crippen LogP contribution >= 0.6 is 0 Å². The van der Waals surface area contributed by atoms with Gasteiger partial charge in [0.25, 0.3) is 0 Å². The fourth-order valence-electron chi connectivity index (χ4n) is 2.11. The van der Waals surface area contributed by atoms with E-state index in [1.807, 2.05) is 48.6 Å². The third kappa shape index (κ3) is 2.23. The van der Waals surface area contributed by atoms with Crippen molar-refractivity contribution in [1.29, 1.82) is 0 Å². The number of benzene rings is 1. The van der Waals surface area contributed by atoms with E-state index in [0.717, 1.165) is 0 Å². The molecule has 0 heterocycles. The predicted molar refractivity (Wildman–Crippen MR) is 74.3 cm³/mol. The van der Waals surface area contributed by atoms with Gasteiger partial charge in [0.1, 0.15) is 12.1 Å². The van der Waals surface area contributed by atoms with E-state index in [0.29, 0.717) is 0 Å². The van der Waals surface area contributed by atoms with Gasteiger partial charge in [-0.15, -0.1) is 0 Å². The summed E-state index contributed by atoms with van der Waals surface area (Å²) < 4.78 is 0. The molecule has 0 spiro atoms. The molecule has 2 aliphatic rings. The van der Waals surface area contributed by atoms with E-state index >= 15 is 0 Å². The fourth-order valence-corrected chi connectivity index (χ4v) is 2.11. The number of hydrogen-bond acceptors (Lipinski definition) is 2. The first-order valence-corrected chi connectivity index (χ1v) is 6.12. The van der Waals surface area contributed by atoms with Gasteiger partial charge in [-0.05, 0) is 11.1 Å². The van der Waals surface area contributed by atoms with E-state index in [1.54, 1.807) is 0 Å². The molecule has 0 bridgehead atoms. The summed E-state index contributed by atoms with van der Waals surface area (Å²) in [7, 11) is 0. The third-order valence-electron chi connectivity index (χ3n) is 3.05. The van der Waals surface area contributed by atoms with Crippen molar-refractivity contribution >= 4 is 5.57 Å². The number of nitrogens with zero attached hydrogens (tertiary/aromatic N) is 2. The Morgan fingerprint density at radius 1 is 0.778 bits per heavy atom. The van der Waals surface area contributed by atoms with Gasteiger partial charge in [-0.25, -0.2) is 0 Å². The number of hydrogen-bond donors (Lipinski definition) is 0. The van der Waals surface area contributed by atoms with Crippen LogP contribution in [0.5, 0.6) is 0 Å². The third-order valence-corrected chi connectivity index (χ3v) is 3.05. The van der Waals surface area contributed by atoms with Gasteiger partial charge in [0.15, 0.2) is 0 Å². The molecule has 0 fully saturated rings. The van der Waals surface area contributed by atoms with Gasteiger partial charge < -0.3 is 0 Å². The van der Waals surface area contributed by atoms with Crippen LogP contribution in [0.1, 0.15) is 5.56 Å². The van der Waals surface area contributed by atoms with Gasteiger partial charge in [0.05, 0.1) is 0 Å². The van der Waals surface area contributed by atoms with Gasteiger partial charge >= 0.3 is 0 Å². The summed E-state index contributed by atoms with van der Waals surface area (Å²) in [5.41, 5.74) is 2.43. The quantitative estimate of drug-likeness (QED) is 0.707. The van der Waals surface area contributed by atoms with E-state index < -0.39 is 0 Å². The van der Waals surface area contributed by atoms with Gasteiger partial charge in [-0.2, -0.15) is 10.2 Å². The number of allylic oxidation sites excluding steroid dienone is 4. The first-order valence-electron chi connectivity index (χ1n) is 6.12. The Balaban J connectivity index is 1.77. The first-order chi connectivity index (χ1) is 8.93. The molecule has 1 aromatic rings. The second-order valence-corrected chi connectivity index (χ2v) is 4.31. The Bertz CT molecular complexity index is 550. The largest absolute Gasteiger partial charge is 0.181 e. The van der Waals surface area contributed by atoms with Crippen LogP contribution in [0.4, 0.5) is 0 Å². The Labute approximate surface area is 107 Å². The molecule has 2 nitrogen and oxygen atoms in total. The highest BCUT2D eigenvalue weighted by Crippen LogP contribution is 2.26. The molecule has 1 unspecified atom stereocenters. The van der Waals surface area contributed by atoms with Gasteiger partial charge in [0, 0.05) is 0 Å². The molecule has 0 aromatic heterocycles. The smallest absolute Gasteiger partial charge is 0.115 e. The zero-order chi connectivity index (χ0) is 12.2. The minimum absolute atomic E-state index is 0.0507. The Kier molecular flexibility index (Phi) is 3.01. The van der Waals surface area contributed by atoms with Gasteiger partial charge in [-0.3, -0.25) is 0 Å². The molecule has 0 saturated heterocycles. The van der Waals surface area contributed by atoms with E-state index in [4.69, 9.17) is 0 Å². The standard InChI is InChI=1S/C16H14N2/c1-2-7-13(8-3-1)15-11-6-12-16(15)18-17-14-9-4-5-10-14/h1-12,14,16H. The average molecular weight is 234 g/mol. The van der Waals surface area contributed by atoms with Crippen LogP contribution in [-0.2, 0) is 0 Å². The molecule has 3 rings (SSSR count). The van der Waals surface area contributed by atoms with Gasteiger partial charge in [-0.1, -0.05) is 72.9 Å². The molecule has 2 aliphatic carbocycles. The lowest BCUT2D eigenvalue weighted by Crippen LogP contribution is -2.01. The monoisotopic (exact) mass is 234 g/mol. The van der Waals surface area contributed by atoms with Crippen molar-refractivity contribution in [2.75, 3.05) is 0 Å². The number of rotatable bonds is 3. The van der Waals surface area contributed by atoms with Crippen molar-refractivity contribution in [3.05, 3.63) is 78.4 Å². The van der Waals surface area contributed by atoms with Crippen molar-refractivity contribution < 1.29 is 0 Å². The van der Waals surface area contributed by atoms with E-state index in [1.165, 1.54) is 11.1 Å². The molecule has 0 N–H and O–H groups in total. The second-order valence-electron chi connectivity index (χ2n) is 4.31. The zero-order valence-electron chi connectivity index (χ0n) is 9.98. The molecule has 1 aromatic carbocycles. The van der Waals surface area contributed by atoms with Crippen LogP contribution in [0, 0.1) is 0 Å². The van der Waals surface area contributed by atoms with Crippen LogP contribution in [-0.4, -0.2) is 12.1 Å². The molecular weight excluding hydrogens is 220 g/mol. The highest BCUT2D eigenvalue weighted by molar-refractivity contribution is 5.75. The molecule has 2 heteroatoms. The summed E-state index contributed by atoms with van der Waals surface area (Å²) >= 11 is 0. The highest BCUT2D eigenvalue weighted by atomic mass is 15.1. The van der Waals surface area contributed by atoms with Crippen LogP contribution in [0.3, 0.4) is 0 Å². The molecular formula is C16H14N2. The lowest BCUT2D eigenvalue weighted by atomic mass is 10.0. The SMILES string of the molecule is C1=CC(N=NC2C=CC=C2c2ccccc2)C=C1. The maximum Gasteiger partial charge on any atom is 0.115 e. The molecule has 1 atom stereocenters. The van der Waals surface area contributed by atoms with Gasteiger partial charge in [0.2, 0.25) is 0 Å².